The molecule has 0 aromatic rings. The molecular weight excluding hydrogens is 379 g/mol. The van der Waals surface area contributed by atoms with E-state index in [0.717, 1.165) is 32.1 Å². The number of hydrogen-bond donors (Lipinski definition) is 2. The number of ether oxygens (including phenoxy) is 1. The summed E-state index contributed by atoms with van der Waals surface area (Å²) in [6, 6.07) is 0. The molecule has 0 aliphatic heterocycles. The summed E-state index contributed by atoms with van der Waals surface area (Å²) in [5.41, 5.74) is 0. The van der Waals surface area contributed by atoms with Gasteiger partial charge in [-0.05, 0) is 26.7 Å². The van der Waals surface area contributed by atoms with Crippen molar-refractivity contribution in [2.75, 3.05) is 13.2 Å². The number of carbonyl (C=O) groups excluding carboxylic acids is 1. The highest BCUT2D eigenvalue weighted by molar-refractivity contribution is 9.10. The van der Waals surface area contributed by atoms with Crippen LogP contribution in [0.4, 0.5) is 0 Å². The molecule has 0 atom stereocenters. The molecule has 130 valence electrons. The zero-order valence-corrected chi connectivity index (χ0v) is 15.6. The van der Waals surface area contributed by atoms with Crippen molar-refractivity contribution in [3.8, 4) is 0 Å². The van der Waals surface area contributed by atoms with Crippen molar-refractivity contribution in [3.63, 3.8) is 0 Å². The molecule has 0 spiro atoms. The molecular formula is C12H26BrN2O6P+2. The van der Waals surface area contributed by atoms with E-state index >= 15 is 0 Å². The molecule has 22 heavy (non-hydrogen) atoms. The first-order valence-corrected chi connectivity index (χ1v) is 9.38. The molecule has 4 N–H and O–H groups in total. The summed E-state index contributed by atoms with van der Waals surface area (Å²) in [6.07, 6.45) is 5.44. The van der Waals surface area contributed by atoms with E-state index in [1.807, 2.05) is 0 Å². The van der Waals surface area contributed by atoms with E-state index in [2.05, 4.69) is 25.2 Å². The Balaban J connectivity index is 3.40. The van der Waals surface area contributed by atoms with Crippen LogP contribution in [0, 0.1) is 0 Å². The molecule has 2 radical (unpaired) electrons. The molecule has 0 bridgehead atoms. The number of rotatable bonds is 13. The summed E-state index contributed by atoms with van der Waals surface area (Å²) in [6.45, 7) is 4.13. The minimum absolute atomic E-state index is 0.198. The molecule has 10 heteroatoms. The van der Waals surface area contributed by atoms with Gasteiger partial charge in [-0.2, -0.15) is 11.8 Å². The van der Waals surface area contributed by atoms with Crippen LogP contribution in [0.3, 0.4) is 0 Å². The van der Waals surface area contributed by atoms with E-state index in [4.69, 9.17) is 21.1 Å². The summed E-state index contributed by atoms with van der Waals surface area (Å²) < 4.78 is 17.4. The van der Waals surface area contributed by atoms with Gasteiger partial charge < -0.3 is 4.74 Å². The van der Waals surface area contributed by atoms with Crippen LogP contribution in [0.15, 0.2) is 0 Å². The Morgan fingerprint density at radius 2 is 1.50 bits per heavy atom. The van der Waals surface area contributed by atoms with Crippen molar-refractivity contribution < 1.29 is 28.2 Å². The zero-order valence-electron chi connectivity index (χ0n) is 13.1. The second kappa shape index (κ2) is 11.6. The van der Waals surface area contributed by atoms with Gasteiger partial charge in [-0.25, -0.2) is 0 Å². The van der Waals surface area contributed by atoms with Crippen LogP contribution >= 0.6 is 24.1 Å². The average Bonchev–Trinajstić information content (AvgIpc) is 2.47. The summed E-state index contributed by atoms with van der Waals surface area (Å²) >= 11 is 3.25. The Labute approximate surface area is 140 Å². The zero-order chi connectivity index (χ0) is 17.1. The first-order valence-electron chi connectivity index (χ1n) is 7.13. The van der Waals surface area contributed by atoms with Gasteiger partial charge in [0.1, 0.15) is 6.61 Å². The quantitative estimate of drug-likeness (QED) is 0.120. The molecule has 0 rings (SSSR count). The van der Waals surface area contributed by atoms with Crippen molar-refractivity contribution in [2.45, 2.75) is 56.7 Å². The first kappa shape index (κ1) is 22.1. The van der Waals surface area contributed by atoms with E-state index in [0.29, 0.717) is 13.0 Å². The molecule has 0 aliphatic carbocycles. The van der Waals surface area contributed by atoms with Crippen molar-refractivity contribution in [3.05, 3.63) is 0 Å². The minimum Gasteiger partial charge on any atom is -0.315 e. The second-order valence-electron chi connectivity index (χ2n) is 5.22. The third-order valence-corrected chi connectivity index (χ3v) is 4.10. The Hall–Kier alpha value is 0.140. The van der Waals surface area contributed by atoms with Gasteiger partial charge in [0.15, 0.2) is 10.9 Å². The predicted molar refractivity (Wildman–Crippen MR) is 85.8 cm³/mol. The maximum atomic E-state index is 11.5. The lowest BCUT2D eigenvalue weighted by Gasteiger charge is -2.06. The summed E-state index contributed by atoms with van der Waals surface area (Å²) in [5.74, 6) is 9.23. The Morgan fingerprint density at radius 1 is 1.05 bits per heavy atom. The molecule has 0 aromatic heterocycles. The highest BCUT2D eigenvalue weighted by atomic mass is 79.9. The SMILES string of the molecule is CC(C)(Br)C(=[O+])OCCCCCCCCO[P+]([O])(ON)ON. The van der Waals surface area contributed by atoms with Crippen LogP contribution < -0.4 is 11.8 Å². The van der Waals surface area contributed by atoms with Crippen LogP contribution in [0.25, 0.3) is 0 Å². The summed E-state index contributed by atoms with van der Waals surface area (Å²) in [5, 5.41) is 0. The molecule has 0 unspecified atom stereocenters. The fraction of sp³-hybridized carbons (Fsp3) is 0.917. The van der Waals surface area contributed by atoms with Gasteiger partial charge in [0.05, 0.1) is 4.89 Å². The molecule has 0 saturated carbocycles. The van der Waals surface area contributed by atoms with Gasteiger partial charge in [-0.3, -0.25) is 0 Å². The monoisotopic (exact) mass is 404 g/mol. The summed E-state index contributed by atoms with van der Waals surface area (Å²) in [4.78, 5) is 22.8. The molecule has 8 nitrogen and oxygen atoms in total. The number of halogens is 1. The van der Waals surface area contributed by atoms with Crippen LogP contribution in [-0.2, 0) is 28.2 Å². The number of carbonyl (C=O) groups is 1. The molecule has 0 aromatic carbocycles. The maximum absolute atomic E-state index is 11.5. The van der Waals surface area contributed by atoms with Gasteiger partial charge in [-0.15, -0.1) is 4.52 Å². The smallest absolute Gasteiger partial charge is 0.315 e. The van der Waals surface area contributed by atoms with Gasteiger partial charge in [0, 0.05) is 11.2 Å². The molecule has 0 heterocycles. The lowest BCUT2D eigenvalue weighted by molar-refractivity contribution is -0.145. The van der Waals surface area contributed by atoms with Crippen LogP contribution in [0.2, 0.25) is 0 Å². The van der Waals surface area contributed by atoms with Crippen LogP contribution in [0.1, 0.15) is 52.4 Å². The highest BCUT2D eigenvalue weighted by Gasteiger charge is 2.48. The van der Waals surface area contributed by atoms with Gasteiger partial charge >= 0.3 is 14.1 Å². The highest BCUT2D eigenvalue weighted by Crippen LogP contribution is 2.55. The number of alkyl halides is 1. The molecule has 0 amide bonds. The fourth-order valence-electron chi connectivity index (χ4n) is 1.51. The van der Waals surface area contributed by atoms with E-state index in [1.165, 1.54) is 0 Å². The second-order valence-corrected chi connectivity index (χ2v) is 8.78. The Kier molecular flexibility index (Phi) is 11.7. The normalized spacial score (nSPS) is 12.5. The maximum Gasteiger partial charge on any atom is 0.646 e. The van der Waals surface area contributed by atoms with E-state index in [-0.39, 0.29) is 12.6 Å². The Bertz CT molecular complexity index is 312. The standard InChI is InChI=1S/C12H26BrN2O6P/c1-12(2,13)11(16)18-9-7-5-3-4-6-8-10-19-22(17,20-14)21-15/h3-10,14-15H2,1-2H3/q+2. The lowest BCUT2D eigenvalue weighted by atomic mass is 10.1. The first-order chi connectivity index (χ1) is 10.2. The van der Waals surface area contributed by atoms with E-state index < -0.39 is 12.5 Å². The van der Waals surface area contributed by atoms with Crippen molar-refractivity contribution in [2.24, 2.45) is 11.8 Å². The van der Waals surface area contributed by atoms with Gasteiger partial charge in [0.25, 0.3) is 0 Å². The van der Waals surface area contributed by atoms with Crippen LogP contribution in [-0.4, -0.2) is 23.5 Å². The number of esters is 1. The van der Waals surface area contributed by atoms with Crippen LogP contribution in [0.5, 0.6) is 0 Å². The predicted octanol–water partition coefficient (Wildman–Crippen LogP) is 2.95. The molecule has 0 fully saturated rings. The fourth-order valence-corrected chi connectivity index (χ4v) is 2.15. The van der Waals surface area contributed by atoms with E-state index in [1.54, 1.807) is 13.8 Å². The molecule has 0 saturated heterocycles. The van der Waals surface area contributed by atoms with Gasteiger partial charge in [-0.1, -0.05) is 44.4 Å². The third kappa shape index (κ3) is 10.8. The number of unbranched alkanes of at least 4 members (excludes halogenated alkanes) is 5. The topological polar surface area (TPSA) is 129 Å². The minimum atomic E-state index is -3.77. The van der Waals surface area contributed by atoms with Crippen molar-refractivity contribution in [1.82, 2.24) is 0 Å². The van der Waals surface area contributed by atoms with Crippen molar-refractivity contribution >= 4 is 30.1 Å². The number of nitrogens with two attached hydrogens (primary N) is 2. The largest absolute Gasteiger partial charge is 0.646 e. The average molecular weight is 405 g/mol. The van der Waals surface area contributed by atoms with Crippen molar-refractivity contribution in [1.29, 1.82) is 0 Å². The van der Waals surface area contributed by atoms with E-state index in [9.17, 15) is 9.69 Å². The van der Waals surface area contributed by atoms with Gasteiger partial charge in [0.2, 0.25) is 0 Å². The third-order valence-electron chi connectivity index (χ3n) is 2.76. The Morgan fingerprint density at radius 3 is 1.95 bits per heavy atom. The lowest BCUT2D eigenvalue weighted by Crippen LogP contribution is -2.26. The molecule has 0 aliphatic rings. The number of hydrogen-bond acceptors (Lipinski definition) is 7. The summed E-state index contributed by atoms with van der Waals surface area (Å²) in [7, 11) is -3.77.